The fraction of sp³-hybridized carbons (Fsp3) is 0.882. The molecule has 8 heteroatoms. The number of nitrogens with zero attached hydrogens (tertiary/aromatic N) is 2. The molecule has 0 aromatic heterocycles. The average molecular weight is 467 g/mol. The van der Waals surface area contributed by atoms with E-state index >= 15 is 0 Å². The molecule has 7 nitrogen and oxygen atoms in total. The second-order valence-corrected chi connectivity index (χ2v) is 6.58. The molecule has 0 spiro atoms. The van der Waals surface area contributed by atoms with Crippen molar-refractivity contribution in [1.82, 2.24) is 20.9 Å². The van der Waals surface area contributed by atoms with Gasteiger partial charge in [-0.15, -0.1) is 24.0 Å². The molecule has 1 aliphatic carbocycles. The Labute approximate surface area is 168 Å². The Kier molecular flexibility index (Phi) is 12.2. The van der Waals surface area contributed by atoms with Crippen molar-refractivity contribution in [2.24, 2.45) is 10.9 Å². The van der Waals surface area contributed by atoms with E-state index in [1.807, 2.05) is 0 Å². The van der Waals surface area contributed by atoms with Crippen LogP contribution >= 0.6 is 24.0 Å². The predicted molar refractivity (Wildman–Crippen MR) is 112 cm³/mol. The second-order valence-electron chi connectivity index (χ2n) is 6.58. The molecule has 0 aromatic rings. The summed E-state index contributed by atoms with van der Waals surface area (Å²) in [5.41, 5.74) is 0. The molecule has 25 heavy (non-hydrogen) atoms. The second kappa shape index (κ2) is 13.6. The van der Waals surface area contributed by atoms with Crippen LogP contribution in [0.3, 0.4) is 0 Å². The van der Waals surface area contributed by atoms with E-state index in [1.165, 1.54) is 25.7 Å². The van der Waals surface area contributed by atoms with E-state index in [4.69, 9.17) is 4.74 Å². The molecule has 0 bridgehead atoms. The van der Waals surface area contributed by atoms with Crippen molar-refractivity contribution in [2.75, 3.05) is 59.5 Å². The number of aliphatic imine (C=N–C) groups is 1. The van der Waals surface area contributed by atoms with Crippen molar-refractivity contribution in [1.29, 1.82) is 0 Å². The number of rotatable bonds is 8. The number of morpholine rings is 1. The number of nitrogens with one attached hydrogen (secondary N) is 3. The minimum atomic E-state index is 0. The molecule has 1 amide bonds. The molecule has 0 aromatic carbocycles. The molecule has 2 fully saturated rings. The Balaban J connectivity index is 0.00000312. The zero-order chi connectivity index (χ0) is 17.0. The van der Waals surface area contributed by atoms with E-state index in [1.54, 1.807) is 7.05 Å². The molecule has 146 valence electrons. The Hall–Kier alpha value is -0.610. The molecule has 0 atom stereocenters. The third kappa shape index (κ3) is 9.60. The van der Waals surface area contributed by atoms with Crippen LogP contribution in [0.1, 0.15) is 32.1 Å². The van der Waals surface area contributed by atoms with Gasteiger partial charge in [0.15, 0.2) is 5.96 Å². The van der Waals surface area contributed by atoms with Crippen molar-refractivity contribution in [3.63, 3.8) is 0 Å². The number of halogens is 1. The highest BCUT2D eigenvalue weighted by Gasteiger charge is 2.17. The Bertz CT molecular complexity index is 396. The van der Waals surface area contributed by atoms with Crippen LogP contribution in [-0.2, 0) is 9.53 Å². The summed E-state index contributed by atoms with van der Waals surface area (Å²) in [7, 11) is 1.77. The van der Waals surface area contributed by atoms with Gasteiger partial charge >= 0.3 is 0 Å². The van der Waals surface area contributed by atoms with E-state index in [9.17, 15) is 4.79 Å². The first-order valence-corrected chi connectivity index (χ1v) is 9.29. The van der Waals surface area contributed by atoms with Crippen LogP contribution in [-0.4, -0.2) is 76.3 Å². The van der Waals surface area contributed by atoms with E-state index in [0.29, 0.717) is 25.4 Å². The van der Waals surface area contributed by atoms with Crippen molar-refractivity contribution >= 4 is 35.8 Å². The largest absolute Gasteiger partial charge is 0.379 e. The van der Waals surface area contributed by atoms with Gasteiger partial charge in [0, 0.05) is 52.7 Å². The standard InChI is InChI=1S/C17H33N5O2.HI/c1-18-17(21-8-9-22-10-12-24-13-11-22)20-7-6-19-16(23)14-15-4-2-3-5-15;/h15H,2-14H2,1H3,(H,19,23)(H2,18,20,21);1H. The van der Waals surface area contributed by atoms with Gasteiger partial charge in [-0.3, -0.25) is 14.7 Å². The van der Waals surface area contributed by atoms with E-state index in [-0.39, 0.29) is 29.9 Å². The number of hydrogen-bond acceptors (Lipinski definition) is 4. The van der Waals surface area contributed by atoms with Crippen LogP contribution in [0.5, 0.6) is 0 Å². The summed E-state index contributed by atoms with van der Waals surface area (Å²) < 4.78 is 5.34. The molecule has 0 radical (unpaired) electrons. The molecule has 3 N–H and O–H groups in total. The van der Waals surface area contributed by atoms with Gasteiger partial charge in [0.25, 0.3) is 0 Å². The zero-order valence-corrected chi connectivity index (χ0v) is 17.7. The summed E-state index contributed by atoms with van der Waals surface area (Å²) >= 11 is 0. The molecular formula is C17H34IN5O2. The van der Waals surface area contributed by atoms with Crippen LogP contribution in [0.15, 0.2) is 4.99 Å². The van der Waals surface area contributed by atoms with Crippen molar-refractivity contribution < 1.29 is 9.53 Å². The van der Waals surface area contributed by atoms with Crippen molar-refractivity contribution in [2.45, 2.75) is 32.1 Å². The first-order chi connectivity index (χ1) is 11.8. The third-order valence-electron chi connectivity index (χ3n) is 4.74. The van der Waals surface area contributed by atoms with Gasteiger partial charge in [-0.05, 0) is 18.8 Å². The van der Waals surface area contributed by atoms with Gasteiger partial charge in [0.05, 0.1) is 13.2 Å². The monoisotopic (exact) mass is 467 g/mol. The predicted octanol–water partition coefficient (Wildman–Crippen LogP) is 0.798. The maximum absolute atomic E-state index is 11.9. The number of guanidine groups is 1. The SMILES string of the molecule is CN=C(NCCNC(=O)CC1CCCC1)NCCN1CCOCC1.I. The van der Waals surface area contributed by atoms with Gasteiger partial charge in [-0.25, -0.2) is 0 Å². The highest BCUT2D eigenvalue weighted by Crippen LogP contribution is 2.27. The lowest BCUT2D eigenvalue weighted by Gasteiger charge is -2.26. The van der Waals surface area contributed by atoms with Crippen molar-refractivity contribution in [3.05, 3.63) is 0 Å². The Morgan fingerprint density at radius 3 is 2.40 bits per heavy atom. The number of amides is 1. The first kappa shape index (κ1) is 22.4. The smallest absolute Gasteiger partial charge is 0.220 e. The topological polar surface area (TPSA) is 78.0 Å². The highest BCUT2D eigenvalue weighted by molar-refractivity contribution is 14.0. The number of hydrogen-bond donors (Lipinski definition) is 3. The van der Waals surface area contributed by atoms with Crippen LogP contribution in [0.2, 0.25) is 0 Å². The molecule has 1 saturated carbocycles. The Morgan fingerprint density at radius 1 is 1.08 bits per heavy atom. The van der Waals surface area contributed by atoms with E-state index in [2.05, 4.69) is 25.8 Å². The van der Waals surface area contributed by atoms with Crippen LogP contribution < -0.4 is 16.0 Å². The summed E-state index contributed by atoms with van der Waals surface area (Å²) in [5.74, 6) is 1.57. The lowest BCUT2D eigenvalue weighted by molar-refractivity contribution is -0.121. The lowest BCUT2D eigenvalue weighted by atomic mass is 10.0. The number of ether oxygens (including phenoxy) is 1. The third-order valence-corrected chi connectivity index (χ3v) is 4.74. The maximum atomic E-state index is 11.9. The van der Waals surface area contributed by atoms with Crippen LogP contribution in [0.4, 0.5) is 0 Å². The summed E-state index contributed by atoms with van der Waals surface area (Å²) in [5, 5.41) is 9.53. The molecule has 1 aliphatic heterocycles. The van der Waals surface area contributed by atoms with Crippen molar-refractivity contribution in [3.8, 4) is 0 Å². The van der Waals surface area contributed by atoms with Gasteiger partial charge in [0.2, 0.25) is 5.91 Å². The summed E-state index contributed by atoms with van der Waals surface area (Å²) in [6.45, 7) is 6.82. The van der Waals surface area contributed by atoms with E-state index in [0.717, 1.165) is 45.4 Å². The molecular weight excluding hydrogens is 433 g/mol. The molecule has 2 rings (SSSR count). The molecule has 0 unspecified atom stereocenters. The quantitative estimate of drug-likeness (QED) is 0.213. The van der Waals surface area contributed by atoms with Gasteiger partial charge in [-0.2, -0.15) is 0 Å². The normalized spacial score (nSPS) is 19.3. The maximum Gasteiger partial charge on any atom is 0.220 e. The van der Waals surface area contributed by atoms with Gasteiger partial charge in [0.1, 0.15) is 0 Å². The van der Waals surface area contributed by atoms with Crippen LogP contribution in [0, 0.1) is 5.92 Å². The minimum absolute atomic E-state index is 0. The van der Waals surface area contributed by atoms with E-state index < -0.39 is 0 Å². The molecule has 2 aliphatic rings. The first-order valence-electron chi connectivity index (χ1n) is 9.29. The fourth-order valence-corrected chi connectivity index (χ4v) is 3.31. The summed E-state index contributed by atoms with van der Waals surface area (Å²) in [6, 6.07) is 0. The number of carbonyl (C=O) groups is 1. The minimum Gasteiger partial charge on any atom is -0.379 e. The van der Waals surface area contributed by atoms with Gasteiger partial charge in [-0.1, -0.05) is 12.8 Å². The lowest BCUT2D eigenvalue weighted by Crippen LogP contribution is -2.45. The molecule has 1 heterocycles. The van der Waals surface area contributed by atoms with Gasteiger partial charge < -0.3 is 20.7 Å². The Morgan fingerprint density at radius 2 is 1.72 bits per heavy atom. The fourth-order valence-electron chi connectivity index (χ4n) is 3.31. The average Bonchev–Trinajstić information content (AvgIpc) is 3.11. The zero-order valence-electron chi connectivity index (χ0n) is 15.4. The molecule has 1 saturated heterocycles. The highest BCUT2D eigenvalue weighted by atomic mass is 127. The summed E-state index contributed by atoms with van der Waals surface area (Å²) in [4.78, 5) is 18.5. The van der Waals surface area contributed by atoms with Crippen LogP contribution in [0.25, 0.3) is 0 Å². The number of carbonyl (C=O) groups excluding carboxylic acids is 1. The summed E-state index contributed by atoms with van der Waals surface area (Å²) in [6.07, 6.45) is 5.68.